The highest BCUT2D eigenvalue weighted by molar-refractivity contribution is 5.89. The first-order valence-corrected chi connectivity index (χ1v) is 6.91. The van der Waals surface area contributed by atoms with Crippen LogP contribution in [-0.4, -0.2) is 23.0 Å². The zero-order chi connectivity index (χ0) is 14.7. The number of nitrogens with one attached hydrogen (secondary N) is 1. The Morgan fingerprint density at radius 2 is 1.95 bits per heavy atom. The van der Waals surface area contributed by atoms with Crippen LogP contribution in [0.4, 0.5) is 0 Å². The van der Waals surface area contributed by atoms with Crippen molar-refractivity contribution in [2.45, 2.75) is 65.3 Å². The molecule has 4 heteroatoms. The number of hydrogen-bond donors (Lipinski definition) is 1. The smallest absolute Gasteiger partial charge is 0.158 e. The molecule has 0 aliphatic heterocycles. The van der Waals surface area contributed by atoms with E-state index in [4.69, 9.17) is 4.52 Å². The Morgan fingerprint density at radius 1 is 1.32 bits per heavy atom. The molecule has 1 aromatic rings. The third-order valence-corrected chi connectivity index (χ3v) is 3.15. The highest BCUT2D eigenvalue weighted by atomic mass is 16.5. The van der Waals surface area contributed by atoms with Crippen LogP contribution in [0.2, 0.25) is 0 Å². The van der Waals surface area contributed by atoms with Gasteiger partial charge in [-0.2, -0.15) is 0 Å². The fourth-order valence-corrected chi connectivity index (χ4v) is 1.67. The van der Waals surface area contributed by atoms with Crippen molar-refractivity contribution in [3.63, 3.8) is 0 Å². The standard InChI is InChI=1S/C15H26N2O2/c1-7-8-16-15(5,6)12(18)9-11-10-13(19-17-11)14(2,3)4/h10,16H,7-9H2,1-6H3. The molecule has 0 spiro atoms. The van der Waals surface area contributed by atoms with Crippen molar-refractivity contribution >= 4 is 5.78 Å². The Bertz CT molecular complexity index is 428. The second-order valence-corrected chi connectivity index (χ2v) is 6.58. The Balaban J connectivity index is 2.69. The molecule has 0 unspecified atom stereocenters. The molecule has 0 fully saturated rings. The van der Waals surface area contributed by atoms with Crippen LogP contribution in [0, 0.1) is 0 Å². The van der Waals surface area contributed by atoms with E-state index in [1.807, 2.05) is 19.9 Å². The van der Waals surface area contributed by atoms with E-state index in [0.29, 0.717) is 12.1 Å². The molecule has 1 rings (SSSR count). The Hall–Kier alpha value is -1.16. The molecule has 0 aromatic carbocycles. The molecule has 0 aliphatic rings. The van der Waals surface area contributed by atoms with Crippen molar-refractivity contribution < 1.29 is 9.32 Å². The van der Waals surface area contributed by atoms with Gasteiger partial charge < -0.3 is 9.84 Å². The molecule has 1 N–H and O–H groups in total. The van der Waals surface area contributed by atoms with Crippen molar-refractivity contribution in [1.29, 1.82) is 0 Å². The lowest BCUT2D eigenvalue weighted by Crippen LogP contribution is -2.47. The summed E-state index contributed by atoms with van der Waals surface area (Å²) in [6.07, 6.45) is 1.32. The van der Waals surface area contributed by atoms with E-state index in [1.54, 1.807) is 0 Å². The van der Waals surface area contributed by atoms with Gasteiger partial charge in [0.05, 0.1) is 17.7 Å². The normalized spacial score (nSPS) is 12.7. The summed E-state index contributed by atoms with van der Waals surface area (Å²) in [5, 5.41) is 7.25. The first-order valence-electron chi connectivity index (χ1n) is 6.91. The van der Waals surface area contributed by atoms with Gasteiger partial charge in [0, 0.05) is 11.5 Å². The highest BCUT2D eigenvalue weighted by Crippen LogP contribution is 2.23. The number of Topliss-reactive ketones (excluding diaryl/α,β-unsaturated/α-hetero) is 1. The molecule has 0 saturated carbocycles. The summed E-state index contributed by atoms with van der Waals surface area (Å²) in [5.41, 5.74) is 0.113. The number of carbonyl (C=O) groups excluding carboxylic acids is 1. The van der Waals surface area contributed by atoms with E-state index >= 15 is 0 Å². The van der Waals surface area contributed by atoms with Gasteiger partial charge >= 0.3 is 0 Å². The highest BCUT2D eigenvalue weighted by Gasteiger charge is 2.28. The molecule has 0 atom stereocenters. The van der Waals surface area contributed by atoms with E-state index in [-0.39, 0.29) is 11.2 Å². The van der Waals surface area contributed by atoms with Crippen LogP contribution in [0.3, 0.4) is 0 Å². The molecular weight excluding hydrogens is 240 g/mol. The maximum Gasteiger partial charge on any atom is 0.158 e. The number of carbonyl (C=O) groups is 1. The van der Waals surface area contributed by atoms with Crippen LogP contribution >= 0.6 is 0 Å². The lowest BCUT2D eigenvalue weighted by atomic mass is 9.91. The minimum atomic E-state index is -0.517. The topological polar surface area (TPSA) is 55.1 Å². The van der Waals surface area contributed by atoms with Crippen LogP contribution in [0.1, 0.15) is 59.4 Å². The van der Waals surface area contributed by atoms with Gasteiger partial charge in [0.15, 0.2) is 5.78 Å². The Morgan fingerprint density at radius 3 is 2.42 bits per heavy atom. The third-order valence-electron chi connectivity index (χ3n) is 3.15. The van der Waals surface area contributed by atoms with Gasteiger partial charge in [-0.15, -0.1) is 0 Å². The minimum Gasteiger partial charge on any atom is -0.361 e. The van der Waals surface area contributed by atoms with Gasteiger partial charge in [0.1, 0.15) is 5.76 Å². The number of nitrogens with zero attached hydrogens (tertiary/aromatic N) is 1. The summed E-state index contributed by atoms with van der Waals surface area (Å²) in [6.45, 7) is 12.9. The number of rotatable bonds is 6. The van der Waals surface area contributed by atoms with Crippen molar-refractivity contribution in [1.82, 2.24) is 10.5 Å². The van der Waals surface area contributed by atoms with Crippen molar-refractivity contribution in [3.8, 4) is 0 Å². The molecule has 0 saturated heterocycles. The molecule has 4 nitrogen and oxygen atoms in total. The molecule has 0 amide bonds. The summed E-state index contributed by atoms with van der Waals surface area (Å²) in [4.78, 5) is 12.3. The van der Waals surface area contributed by atoms with Gasteiger partial charge in [0.25, 0.3) is 0 Å². The van der Waals surface area contributed by atoms with E-state index < -0.39 is 5.54 Å². The van der Waals surface area contributed by atoms with Crippen molar-refractivity contribution in [2.24, 2.45) is 0 Å². The largest absolute Gasteiger partial charge is 0.361 e. The predicted octanol–water partition coefficient (Wildman–Crippen LogP) is 2.86. The Kier molecular flexibility index (Phi) is 4.91. The average molecular weight is 266 g/mol. The lowest BCUT2D eigenvalue weighted by Gasteiger charge is -2.24. The van der Waals surface area contributed by atoms with Crippen LogP contribution in [0.15, 0.2) is 10.6 Å². The van der Waals surface area contributed by atoms with Crippen LogP contribution in [0.25, 0.3) is 0 Å². The maximum atomic E-state index is 12.3. The van der Waals surface area contributed by atoms with E-state index in [2.05, 4.69) is 38.2 Å². The first-order chi connectivity index (χ1) is 8.66. The molecule has 0 bridgehead atoms. The number of aromatic nitrogens is 1. The SMILES string of the molecule is CCCNC(C)(C)C(=O)Cc1cc(C(C)(C)C)on1. The summed E-state index contributed by atoms with van der Waals surface area (Å²) in [7, 11) is 0. The monoisotopic (exact) mass is 266 g/mol. The zero-order valence-electron chi connectivity index (χ0n) is 13.0. The van der Waals surface area contributed by atoms with Gasteiger partial charge in [-0.05, 0) is 26.8 Å². The fourth-order valence-electron chi connectivity index (χ4n) is 1.67. The second-order valence-electron chi connectivity index (χ2n) is 6.58. The lowest BCUT2D eigenvalue weighted by molar-refractivity contribution is -0.123. The quantitative estimate of drug-likeness (QED) is 0.860. The van der Waals surface area contributed by atoms with E-state index in [9.17, 15) is 4.79 Å². The number of ketones is 1. The molecule has 1 aromatic heterocycles. The molecule has 19 heavy (non-hydrogen) atoms. The molecule has 0 radical (unpaired) electrons. The molecular formula is C15H26N2O2. The maximum absolute atomic E-state index is 12.3. The van der Waals surface area contributed by atoms with Gasteiger partial charge in [-0.1, -0.05) is 32.9 Å². The van der Waals surface area contributed by atoms with Crippen molar-refractivity contribution in [3.05, 3.63) is 17.5 Å². The molecule has 108 valence electrons. The minimum absolute atomic E-state index is 0.0791. The van der Waals surface area contributed by atoms with Crippen LogP contribution < -0.4 is 5.32 Å². The summed E-state index contributed by atoms with van der Waals surface area (Å²) in [6, 6.07) is 1.88. The molecule has 0 aliphatic carbocycles. The second kappa shape index (κ2) is 5.87. The average Bonchev–Trinajstić information content (AvgIpc) is 2.74. The molecule has 1 heterocycles. The third kappa shape index (κ3) is 4.46. The van der Waals surface area contributed by atoms with Gasteiger partial charge in [-0.25, -0.2) is 0 Å². The van der Waals surface area contributed by atoms with E-state index in [0.717, 1.165) is 18.7 Å². The van der Waals surface area contributed by atoms with Crippen LogP contribution in [-0.2, 0) is 16.6 Å². The van der Waals surface area contributed by atoms with Crippen LogP contribution in [0.5, 0.6) is 0 Å². The first kappa shape index (κ1) is 15.9. The van der Waals surface area contributed by atoms with Gasteiger partial charge in [-0.3, -0.25) is 4.79 Å². The van der Waals surface area contributed by atoms with Gasteiger partial charge in [0.2, 0.25) is 0 Å². The number of hydrogen-bond acceptors (Lipinski definition) is 4. The zero-order valence-corrected chi connectivity index (χ0v) is 13.0. The summed E-state index contributed by atoms with van der Waals surface area (Å²) in [5.74, 6) is 0.948. The van der Waals surface area contributed by atoms with Crippen molar-refractivity contribution in [2.75, 3.05) is 6.54 Å². The summed E-state index contributed by atoms with van der Waals surface area (Å²) >= 11 is 0. The Labute approximate surface area is 115 Å². The predicted molar refractivity (Wildman–Crippen MR) is 76.3 cm³/mol. The fraction of sp³-hybridized carbons (Fsp3) is 0.733. The summed E-state index contributed by atoms with van der Waals surface area (Å²) < 4.78 is 5.30. The van der Waals surface area contributed by atoms with E-state index in [1.165, 1.54) is 0 Å².